The number of nitrogens with one attached hydrogen (secondary N) is 7. The smallest absolute Gasteiger partial charge is 0.239 e. The molecule has 7 N–H and O–H groups in total. The molecule has 3 unspecified atom stereocenters. The van der Waals surface area contributed by atoms with Crippen molar-refractivity contribution in [2.24, 2.45) is 0 Å². The van der Waals surface area contributed by atoms with Crippen LogP contribution in [0.2, 0.25) is 0 Å². The van der Waals surface area contributed by atoms with E-state index in [9.17, 15) is 4.79 Å². The summed E-state index contributed by atoms with van der Waals surface area (Å²) in [7, 11) is 1.89. The Labute approximate surface area is 191 Å². The number of anilines is 2. The average molecular weight is 455 g/mol. The van der Waals surface area contributed by atoms with E-state index in [1.54, 1.807) is 6.20 Å². The van der Waals surface area contributed by atoms with Gasteiger partial charge in [-0.25, -0.2) is 0 Å². The molecule has 2 heterocycles. The third-order valence-corrected chi connectivity index (χ3v) is 5.38. The van der Waals surface area contributed by atoms with Gasteiger partial charge in [-0.15, -0.1) is 11.6 Å². The number of rotatable bonds is 8. The van der Waals surface area contributed by atoms with Crippen molar-refractivity contribution in [3.8, 4) is 0 Å². The molecule has 3 atom stereocenters. The Balaban J connectivity index is 1.37. The summed E-state index contributed by atoms with van der Waals surface area (Å²) in [4.78, 5) is 15.6. The van der Waals surface area contributed by atoms with Crippen LogP contribution < -0.4 is 37.2 Å². The van der Waals surface area contributed by atoms with Crippen molar-refractivity contribution in [3.63, 3.8) is 0 Å². The molecule has 0 spiro atoms. The monoisotopic (exact) mass is 454 g/mol. The first-order valence-corrected chi connectivity index (χ1v) is 10.9. The fraction of sp³-hybridized carbons (Fsp3) is 0.273. The van der Waals surface area contributed by atoms with Crippen LogP contribution in [0, 0.1) is 0 Å². The van der Waals surface area contributed by atoms with Gasteiger partial charge in [-0.3, -0.25) is 36.4 Å². The molecule has 0 radical (unpaired) electrons. The number of carbonyl (C=O) groups is 1. The van der Waals surface area contributed by atoms with Crippen LogP contribution in [-0.2, 0) is 11.3 Å². The van der Waals surface area contributed by atoms with Gasteiger partial charge in [0.25, 0.3) is 0 Å². The predicted octanol–water partition coefficient (Wildman–Crippen LogP) is 1.47. The molecule has 9 nitrogen and oxygen atoms in total. The van der Waals surface area contributed by atoms with Crippen molar-refractivity contribution >= 4 is 39.7 Å². The van der Waals surface area contributed by atoms with Crippen LogP contribution in [0.1, 0.15) is 5.56 Å². The number of benzene rings is 2. The summed E-state index contributed by atoms with van der Waals surface area (Å²) in [6.45, 7) is 0.636. The van der Waals surface area contributed by atoms with Crippen LogP contribution in [0.4, 0.5) is 11.4 Å². The second-order valence-corrected chi connectivity index (χ2v) is 7.66. The lowest BCUT2D eigenvalue weighted by atomic mass is 10.1. The Kier molecular flexibility index (Phi) is 7.48. The first-order chi connectivity index (χ1) is 15.6. The van der Waals surface area contributed by atoms with Gasteiger partial charge in [-0.05, 0) is 36.9 Å². The normalized spacial score (nSPS) is 20.8. The van der Waals surface area contributed by atoms with E-state index in [0.29, 0.717) is 6.54 Å². The highest BCUT2D eigenvalue weighted by molar-refractivity contribution is 6.29. The number of nitrogens with zero attached hydrogens (tertiary/aromatic N) is 1. The summed E-state index contributed by atoms with van der Waals surface area (Å²) < 4.78 is 0. The molecule has 1 fully saturated rings. The molecule has 1 aliphatic rings. The fourth-order valence-electron chi connectivity index (χ4n) is 3.54. The van der Waals surface area contributed by atoms with E-state index in [1.807, 2.05) is 55.7 Å². The maximum Gasteiger partial charge on any atom is 0.239 e. The highest BCUT2D eigenvalue weighted by Crippen LogP contribution is 2.22. The maximum atomic E-state index is 11.4. The van der Waals surface area contributed by atoms with Gasteiger partial charge in [0.05, 0.1) is 0 Å². The van der Waals surface area contributed by atoms with Crippen molar-refractivity contribution in [2.45, 2.75) is 25.4 Å². The molecule has 1 amide bonds. The van der Waals surface area contributed by atoms with Crippen LogP contribution in [0.15, 0.2) is 60.9 Å². The Bertz CT molecular complexity index is 1040. The molecule has 1 aliphatic heterocycles. The highest BCUT2D eigenvalue weighted by atomic mass is 35.5. The average Bonchev–Trinajstić information content (AvgIpc) is 2.83. The van der Waals surface area contributed by atoms with Crippen molar-refractivity contribution in [1.82, 2.24) is 31.6 Å². The summed E-state index contributed by atoms with van der Waals surface area (Å²) in [6.07, 6.45) is 3.22. The van der Waals surface area contributed by atoms with Crippen LogP contribution in [0.5, 0.6) is 0 Å². The molecular weight excluding hydrogens is 428 g/mol. The fourth-order valence-corrected chi connectivity index (χ4v) is 3.60. The number of pyridine rings is 1. The molecule has 1 saturated heterocycles. The molecule has 168 valence electrons. The van der Waals surface area contributed by atoms with Crippen LogP contribution in [0.3, 0.4) is 0 Å². The number of halogens is 1. The molecule has 0 bridgehead atoms. The number of alkyl halides is 1. The van der Waals surface area contributed by atoms with Crippen molar-refractivity contribution in [1.29, 1.82) is 0 Å². The Morgan fingerprint density at radius 2 is 1.81 bits per heavy atom. The zero-order valence-corrected chi connectivity index (χ0v) is 18.4. The van der Waals surface area contributed by atoms with E-state index < -0.39 is 0 Å². The quantitative estimate of drug-likeness (QED) is 0.256. The molecule has 4 rings (SSSR count). The number of hydrogen-bond donors (Lipinski definition) is 7. The first-order valence-electron chi connectivity index (χ1n) is 10.4. The maximum absolute atomic E-state index is 11.4. The van der Waals surface area contributed by atoms with Crippen molar-refractivity contribution in [2.75, 3.05) is 23.6 Å². The minimum absolute atomic E-state index is 0.0616. The van der Waals surface area contributed by atoms with Gasteiger partial charge in [0.2, 0.25) is 5.91 Å². The van der Waals surface area contributed by atoms with Gasteiger partial charge in [-0.1, -0.05) is 24.3 Å². The molecule has 10 heteroatoms. The molecule has 3 aromatic rings. The zero-order chi connectivity index (χ0) is 22.3. The summed E-state index contributed by atoms with van der Waals surface area (Å²) >= 11 is 5.53. The third-order valence-electron chi connectivity index (χ3n) is 5.14. The summed E-state index contributed by atoms with van der Waals surface area (Å²) in [5.74, 6) is -0.284. The number of hydrogen-bond acceptors (Lipinski definition) is 8. The van der Waals surface area contributed by atoms with Crippen molar-refractivity contribution in [3.05, 3.63) is 66.5 Å². The number of carbonyl (C=O) groups excluding carboxylic acids is 1. The number of aromatic nitrogens is 1. The first kappa shape index (κ1) is 22.4. The summed E-state index contributed by atoms with van der Waals surface area (Å²) in [5, 5.41) is 25.4. The molecule has 2 aromatic carbocycles. The van der Waals surface area contributed by atoms with Crippen molar-refractivity contribution < 1.29 is 4.79 Å². The molecular formula is C22H27ClN8O. The second-order valence-electron chi connectivity index (χ2n) is 7.39. The van der Waals surface area contributed by atoms with E-state index in [-0.39, 0.29) is 30.7 Å². The Hall–Kier alpha value is -2.79. The Morgan fingerprint density at radius 3 is 2.59 bits per heavy atom. The lowest BCUT2D eigenvalue weighted by molar-refractivity contribution is -0.113. The van der Waals surface area contributed by atoms with Crippen LogP contribution >= 0.6 is 11.6 Å². The predicted molar refractivity (Wildman–Crippen MR) is 128 cm³/mol. The minimum Gasteiger partial charge on any atom is -0.357 e. The minimum atomic E-state index is -0.222. The number of amides is 1. The molecule has 0 aliphatic carbocycles. The van der Waals surface area contributed by atoms with Crippen LogP contribution in [0.25, 0.3) is 10.8 Å². The SMILES string of the molecule is CNC1NC(NCc2ccc(NC(=O)CCl)cc2)NC(Nc2cccc3cnccc23)N1. The van der Waals surface area contributed by atoms with Gasteiger partial charge in [0.1, 0.15) is 24.7 Å². The van der Waals surface area contributed by atoms with Gasteiger partial charge >= 0.3 is 0 Å². The second kappa shape index (κ2) is 10.7. The lowest BCUT2D eigenvalue weighted by Gasteiger charge is -2.39. The van der Waals surface area contributed by atoms with E-state index in [4.69, 9.17) is 11.6 Å². The van der Waals surface area contributed by atoms with Gasteiger partial charge < -0.3 is 10.6 Å². The molecule has 1 aromatic heterocycles. The lowest BCUT2D eigenvalue weighted by Crippen LogP contribution is -2.75. The molecule has 0 saturated carbocycles. The molecule has 32 heavy (non-hydrogen) atoms. The van der Waals surface area contributed by atoms with E-state index in [0.717, 1.165) is 27.7 Å². The standard InChI is InChI=1S/C22H27ClN8O/c1-24-20-29-21(26-12-14-5-7-16(8-6-14)27-19(32)11-23)31-22(30-20)28-18-4-2-3-15-13-25-10-9-17(15)18/h2-10,13,20-22,24,26,28-31H,11-12H2,1H3,(H,27,32). The largest absolute Gasteiger partial charge is 0.357 e. The van der Waals surface area contributed by atoms with Gasteiger partial charge in [0.15, 0.2) is 0 Å². The van der Waals surface area contributed by atoms with E-state index in [1.165, 1.54) is 0 Å². The third kappa shape index (κ3) is 5.71. The summed E-state index contributed by atoms with van der Waals surface area (Å²) in [6, 6.07) is 15.8. The van der Waals surface area contributed by atoms with E-state index >= 15 is 0 Å². The van der Waals surface area contributed by atoms with Gasteiger partial charge in [0, 0.05) is 41.1 Å². The zero-order valence-electron chi connectivity index (χ0n) is 17.7. The summed E-state index contributed by atoms with van der Waals surface area (Å²) in [5.41, 5.74) is 2.82. The highest BCUT2D eigenvalue weighted by Gasteiger charge is 2.25. The van der Waals surface area contributed by atoms with E-state index in [2.05, 4.69) is 48.3 Å². The topological polar surface area (TPSA) is 114 Å². The number of fused-ring (bicyclic) bond motifs is 1. The van der Waals surface area contributed by atoms with Gasteiger partial charge in [-0.2, -0.15) is 0 Å². The Morgan fingerprint density at radius 1 is 1.03 bits per heavy atom. The van der Waals surface area contributed by atoms with Crippen LogP contribution in [-0.4, -0.2) is 42.7 Å².